The van der Waals surface area contributed by atoms with E-state index in [0.29, 0.717) is 5.57 Å². The van der Waals surface area contributed by atoms with Gasteiger partial charge >= 0.3 is 6.18 Å². The van der Waals surface area contributed by atoms with Crippen molar-refractivity contribution in [2.75, 3.05) is 0 Å². The molecule has 2 nitrogen and oxygen atoms in total. The van der Waals surface area contributed by atoms with Gasteiger partial charge in [-0.1, -0.05) is 100 Å². The van der Waals surface area contributed by atoms with Gasteiger partial charge in [-0.2, -0.15) is 18.3 Å². The van der Waals surface area contributed by atoms with E-state index in [1.807, 2.05) is 74.9 Å². The Morgan fingerprint density at radius 2 is 1.64 bits per heavy atom. The average molecular weight is 581 g/mol. The van der Waals surface area contributed by atoms with Crippen LogP contribution in [0.3, 0.4) is 0 Å². The minimum absolute atomic E-state index is 0. The second-order valence-electron chi connectivity index (χ2n) is 9.81. The molecule has 0 fully saturated rings. The first-order chi connectivity index (χ1) is 19.5. The highest BCUT2D eigenvalue weighted by atomic mass is 19.4. The van der Waals surface area contributed by atoms with Crippen LogP contribution in [0.25, 0.3) is 22.9 Å². The Hall–Kier alpha value is -3.60. The smallest absolute Gasteiger partial charge is 0.265 e. The molecule has 1 aliphatic rings. The quantitative estimate of drug-likeness (QED) is 0.217. The predicted octanol–water partition coefficient (Wildman–Crippen LogP) is 12.2. The normalized spacial score (nSPS) is 12.5. The highest BCUT2D eigenvalue weighted by Gasteiger charge is 2.30. The van der Waals surface area contributed by atoms with Crippen molar-refractivity contribution < 1.29 is 13.2 Å². The zero-order valence-corrected chi connectivity index (χ0v) is 25.9. The van der Waals surface area contributed by atoms with Crippen LogP contribution < -0.4 is 0 Å². The summed E-state index contributed by atoms with van der Waals surface area (Å²) in [6, 6.07) is 18.0. The van der Waals surface area contributed by atoms with Crippen LogP contribution in [-0.4, -0.2) is 16.0 Å². The first kappa shape index (κ1) is 38.4. The summed E-state index contributed by atoms with van der Waals surface area (Å²) in [7, 11) is 0. The van der Waals surface area contributed by atoms with Gasteiger partial charge in [0, 0.05) is 17.7 Å². The van der Waals surface area contributed by atoms with Gasteiger partial charge in [-0.25, -0.2) is 0 Å². The maximum atomic E-state index is 12.4. The Bertz CT molecular complexity index is 1290. The molecule has 42 heavy (non-hydrogen) atoms. The van der Waals surface area contributed by atoms with Crippen molar-refractivity contribution in [3.05, 3.63) is 113 Å². The summed E-state index contributed by atoms with van der Waals surface area (Å²) < 4.78 is 39.0. The van der Waals surface area contributed by atoms with E-state index in [0.717, 1.165) is 46.3 Å². The van der Waals surface area contributed by atoms with Crippen LogP contribution in [0.5, 0.6) is 0 Å². The maximum absolute atomic E-state index is 12.4. The zero-order valence-electron chi connectivity index (χ0n) is 25.9. The van der Waals surface area contributed by atoms with Gasteiger partial charge in [0.15, 0.2) is 0 Å². The topological polar surface area (TPSA) is 17.8 Å². The fourth-order valence-corrected chi connectivity index (χ4v) is 4.18. The van der Waals surface area contributed by atoms with E-state index in [9.17, 15) is 13.2 Å². The SMILES string of the molecule is C.C=C(/C=C(/C)c1cc(C)ccc1C)C(F)(F)F.C=Cc1cc(-c2ccccc2)nn1CC.CC.CC1=CCCCC1. The van der Waals surface area contributed by atoms with Crippen LogP contribution in [0.1, 0.15) is 90.1 Å². The number of hydrogen-bond acceptors (Lipinski definition) is 1. The third-order valence-electron chi connectivity index (χ3n) is 6.48. The Morgan fingerprint density at radius 3 is 2.10 bits per heavy atom. The number of aromatic nitrogens is 2. The largest absolute Gasteiger partial charge is 0.415 e. The molecule has 230 valence electrons. The second kappa shape index (κ2) is 19.5. The Labute approximate surface area is 253 Å². The molecule has 2 aromatic carbocycles. The van der Waals surface area contributed by atoms with Gasteiger partial charge < -0.3 is 0 Å². The molecule has 1 aliphatic carbocycles. The number of allylic oxidation sites excluding steroid dienone is 5. The van der Waals surface area contributed by atoms with Crippen molar-refractivity contribution >= 4 is 11.6 Å². The van der Waals surface area contributed by atoms with Gasteiger partial charge in [0.25, 0.3) is 0 Å². The summed E-state index contributed by atoms with van der Waals surface area (Å²) in [4.78, 5) is 0. The molecule has 0 unspecified atom stereocenters. The molecule has 0 saturated carbocycles. The second-order valence-corrected chi connectivity index (χ2v) is 9.81. The number of halogens is 3. The number of aryl methyl sites for hydroxylation is 3. The average Bonchev–Trinajstić information content (AvgIpc) is 3.40. The highest BCUT2D eigenvalue weighted by Crippen LogP contribution is 2.29. The summed E-state index contributed by atoms with van der Waals surface area (Å²) in [5, 5.41) is 4.52. The van der Waals surface area contributed by atoms with Crippen molar-refractivity contribution in [2.45, 2.75) is 94.3 Å². The van der Waals surface area contributed by atoms with Crippen molar-refractivity contribution in [1.82, 2.24) is 9.78 Å². The number of alkyl halides is 3. The van der Waals surface area contributed by atoms with Gasteiger partial charge in [0.2, 0.25) is 0 Å². The molecule has 0 atom stereocenters. The Balaban J connectivity index is 0.000000614. The van der Waals surface area contributed by atoms with Gasteiger partial charge in [0.1, 0.15) is 0 Å². The van der Waals surface area contributed by atoms with E-state index < -0.39 is 11.7 Å². The van der Waals surface area contributed by atoms with Crippen molar-refractivity contribution in [3.63, 3.8) is 0 Å². The van der Waals surface area contributed by atoms with Crippen LogP contribution >= 0.6 is 0 Å². The summed E-state index contributed by atoms with van der Waals surface area (Å²) in [6.45, 7) is 21.5. The molecular weight excluding hydrogens is 529 g/mol. The molecule has 0 saturated heterocycles. The first-order valence-electron chi connectivity index (χ1n) is 14.4. The van der Waals surface area contributed by atoms with Crippen molar-refractivity contribution in [3.8, 4) is 11.3 Å². The van der Waals surface area contributed by atoms with E-state index in [4.69, 9.17) is 0 Å². The third kappa shape index (κ3) is 12.9. The number of rotatable bonds is 5. The van der Waals surface area contributed by atoms with Crippen LogP contribution in [0.15, 0.2) is 91.1 Å². The molecule has 0 amide bonds. The molecule has 0 aliphatic heterocycles. The molecule has 0 bridgehead atoms. The molecule has 0 radical (unpaired) electrons. The fraction of sp³-hybridized carbons (Fsp3) is 0.378. The van der Waals surface area contributed by atoms with Crippen LogP contribution in [-0.2, 0) is 6.54 Å². The first-order valence-corrected chi connectivity index (χ1v) is 14.4. The molecule has 0 N–H and O–H groups in total. The van der Waals surface area contributed by atoms with Gasteiger partial charge in [0.05, 0.1) is 11.4 Å². The standard InChI is InChI=1S/C14H15F3.C13H14N2.C7H12.C2H6.CH4/c1-9-5-6-10(2)13(7-9)11(3)8-12(4)14(15,16)17;1-3-12-10-13(14-15(12)4-2)11-8-6-5-7-9-11;1-7-5-3-2-4-6-7;1-2;/h5-8H,4H2,1-3H3;3,5-10H,1,4H2,2H3;5H,2-4,6H2,1H3;1-2H3;1H4/b11-8-;;;;. The highest BCUT2D eigenvalue weighted by molar-refractivity contribution is 5.69. The van der Waals surface area contributed by atoms with Crippen molar-refractivity contribution in [1.29, 1.82) is 0 Å². The van der Waals surface area contributed by atoms with Crippen molar-refractivity contribution in [2.24, 2.45) is 0 Å². The Kier molecular flexibility index (Phi) is 17.8. The molecule has 1 heterocycles. The predicted molar refractivity (Wildman–Crippen MR) is 178 cm³/mol. The summed E-state index contributed by atoms with van der Waals surface area (Å²) >= 11 is 0. The minimum Gasteiger partial charge on any atom is -0.265 e. The van der Waals surface area contributed by atoms with E-state index in [1.165, 1.54) is 25.7 Å². The van der Waals surface area contributed by atoms with Gasteiger partial charge in [-0.15, -0.1) is 0 Å². The lowest BCUT2D eigenvalue weighted by atomic mass is 9.98. The number of hydrogen-bond donors (Lipinski definition) is 0. The van der Waals surface area contributed by atoms with Gasteiger partial charge in [-0.05, 0) is 95.2 Å². The van der Waals surface area contributed by atoms with E-state index in [2.05, 4.69) is 56.4 Å². The summed E-state index contributed by atoms with van der Waals surface area (Å²) in [5.41, 5.74) is 7.37. The van der Waals surface area contributed by atoms with Crippen LogP contribution in [0.2, 0.25) is 0 Å². The lowest BCUT2D eigenvalue weighted by Crippen LogP contribution is -2.08. The third-order valence-corrected chi connectivity index (χ3v) is 6.48. The monoisotopic (exact) mass is 580 g/mol. The van der Waals surface area contributed by atoms with Crippen LogP contribution in [0, 0.1) is 13.8 Å². The minimum atomic E-state index is -4.36. The van der Waals surface area contributed by atoms with Crippen LogP contribution in [0.4, 0.5) is 13.2 Å². The maximum Gasteiger partial charge on any atom is 0.415 e. The lowest BCUT2D eigenvalue weighted by Gasteiger charge is -2.10. The molecule has 0 spiro atoms. The molecule has 5 heteroatoms. The fourth-order valence-electron chi connectivity index (χ4n) is 4.18. The summed E-state index contributed by atoms with van der Waals surface area (Å²) in [5.74, 6) is 0. The van der Waals surface area contributed by atoms with E-state index in [1.54, 1.807) is 12.5 Å². The molecular formula is C37H51F3N2. The van der Waals surface area contributed by atoms with E-state index in [-0.39, 0.29) is 7.43 Å². The Morgan fingerprint density at radius 1 is 1.00 bits per heavy atom. The number of nitrogens with zero attached hydrogens (tertiary/aromatic N) is 2. The summed E-state index contributed by atoms with van der Waals surface area (Å²) in [6.07, 6.45) is 6.42. The lowest BCUT2D eigenvalue weighted by molar-refractivity contribution is -0.0877. The van der Waals surface area contributed by atoms with E-state index >= 15 is 0 Å². The molecule has 1 aromatic heterocycles. The molecule has 3 aromatic rings. The molecule has 4 rings (SSSR count). The van der Waals surface area contributed by atoms with Gasteiger partial charge in [-0.3, -0.25) is 4.68 Å². The zero-order chi connectivity index (χ0) is 31.0. The number of benzene rings is 2.